The Labute approximate surface area is 182 Å². The fourth-order valence-corrected chi connectivity index (χ4v) is 4.61. The first kappa shape index (κ1) is 20.2. The van der Waals surface area contributed by atoms with Crippen molar-refractivity contribution in [2.45, 2.75) is 12.6 Å². The third-order valence-corrected chi connectivity index (χ3v) is 6.42. The van der Waals surface area contributed by atoms with Crippen LogP contribution in [0.4, 0.5) is 0 Å². The van der Waals surface area contributed by atoms with Crippen molar-refractivity contribution in [1.82, 2.24) is 24.1 Å². The first-order valence-corrected chi connectivity index (χ1v) is 11.0. The number of aromatic nitrogens is 2. The number of hydrogen-bond acceptors (Lipinski definition) is 5. The molecule has 0 bridgehead atoms. The smallest absolute Gasteiger partial charge is 0.274 e. The monoisotopic (exact) mass is 419 g/mol. The molecule has 1 unspecified atom stereocenters. The standard InChI is InChI=1S/C24H29N5O2/c1-26-11-12-27(17-20(26)19-7-3-2-4-8-19)18-21-23(24(30)28-13-15-31-16-14-28)25-22-9-5-6-10-29(21)22/h2-10,20H,11-18H2,1H3. The summed E-state index contributed by atoms with van der Waals surface area (Å²) in [5.41, 5.74) is 3.70. The highest BCUT2D eigenvalue weighted by Gasteiger charge is 2.30. The van der Waals surface area contributed by atoms with E-state index in [9.17, 15) is 4.79 Å². The van der Waals surface area contributed by atoms with Crippen LogP contribution in [-0.2, 0) is 11.3 Å². The number of piperazine rings is 1. The normalized spacial score (nSPS) is 20.9. The number of imidazole rings is 1. The minimum absolute atomic E-state index is 0.00994. The van der Waals surface area contributed by atoms with Crippen LogP contribution < -0.4 is 0 Å². The molecule has 3 aromatic rings. The number of amides is 1. The number of benzene rings is 1. The van der Waals surface area contributed by atoms with Gasteiger partial charge in [-0.1, -0.05) is 36.4 Å². The summed E-state index contributed by atoms with van der Waals surface area (Å²) >= 11 is 0. The van der Waals surface area contributed by atoms with Gasteiger partial charge in [-0.3, -0.25) is 14.6 Å². The Hall–Kier alpha value is -2.74. The van der Waals surface area contributed by atoms with Gasteiger partial charge >= 0.3 is 0 Å². The van der Waals surface area contributed by atoms with Crippen LogP contribution in [0, 0.1) is 0 Å². The minimum Gasteiger partial charge on any atom is -0.378 e. The number of pyridine rings is 1. The maximum Gasteiger partial charge on any atom is 0.274 e. The van der Waals surface area contributed by atoms with Gasteiger partial charge in [-0.05, 0) is 24.7 Å². The van der Waals surface area contributed by atoms with Gasteiger partial charge in [0.2, 0.25) is 0 Å². The van der Waals surface area contributed by atoms with E-state index in [1.165, 1.54) is 5.56 Å². The number of likely N-dealkylation sites (N-methyl/N-ethyl adjacent to an activating group) is 1. The van der Waals surface area contributed by atoms with Crippen molar-refractivity contribution in [3.63, 3.8) is 0 Å². The predicted octanol–water partition coefficient (Wildman–Crippen LogP) is 2.30. The summed E-state index contributed by atoms with van der Waals surface area (Å²) in [7, 11) is 2.19. The van der Waals surface area contributed by atoms with Gasteiger partial charge in [-0.2, -0.15) is 0 Å². The summed E-state index contributed by atoms with van der Waals surface area (Å²) in [5.74, 6) is 0.00994. The van der Waals surface area contributed by atoms with Crippen LogP contribution in [-0.4, -0.2) is 83.0 Å². The Bertz CT molecular complexity index is 1040. The van der Waals surface area contributed by atoms with Crippen molar-refractivity contribution >= 4 is 11.6 Å². The zero-order valence-corrected chi connectivity index (χ0v) is 18.0. The molecule has 0 radical (unpaired) electrons. The Kier molecular flexibility index (Phi) is 5.72. The van der Waals surface area contributed by atoms with E-state index < -0.39 is 0 Å². The first-order valence-electron chi connectivity index (χ1n) is 11.0. The van der Waals surface area contributed by atoms with Crippen molar-refractivity contribution in [3.8, 4) is 0 Å². The molecule has 2 fully saturated rings. The second-order valence-electron chi connectivity index (χ2n) is 8.38. The Balaban J connectivity index is 1.43. The number of morpholine rings is 1. The van der Waals surface area contributed by atoms with Gasteiger partial charge in [0.05, 0.1) is 18.9 Å². The average Bonchev–Trinajstić information content (AvgIpc) is 3.19. The quantitative estimate of drug-likeness (QED) is 0.650. The number of carbonyl (C=O) groups excluding carboxylic acids is 1. The molecular weight excluding hydrogens is 390 g/mol. The minimum atomic E-state index is 0.00994. The molecule has 2 aliphatic rings. The van der Waals surface area contributed by atoms with Crippen molar-refractivity contribution in [2.75, 3.05) is 53.0 Å². The van der Waals surface area contributed by atoms with Crippen LogP contribution in [0.15, 0.2) is 54.7 Å². The van der Waals surface area contributed by atoms with Gasteiger partial charge in [-0.25, -0.2) is 4.98 Å². The van der Waals surface area contributed by atoms with Crippen molar-refractivity contribution < 1.29 is 9.53 Å². The summed E-state index contributed by atoms with van der Waals surface area (Å²) in [6, 6.07) is 16.9. The van der Waals surface area contributed by atoms with E-state index in [0.29, 0.717) is 44.6 Å². The lowest BCUT2D eigenvalue weighted by molar-refractivity contribution is 0.0297. The maximum absolute atomic E-state index is 13.3. The molecule has 0 N–H and O–H groups in total. The molecule has 2 aromatic heterocycles. The number of rotatable bonds is 4. The summed E-state index contributed by atoms with van der Waals surface area (Å²) in [6.45, 7) is 6.00. The Morgan fingerprint density at radius 1 is 1.03 bits per heavy atom. The lowest BCUT2D eigenvalue weighted by Crippen LogP contribution is -2.46. The third kappa shape index (κ3) is 4.08. The van der Waals surface area contributed by atoms with Gasteiger partial charge in [-0.15, -0.1) is 0 Å². The lowest BCUT2D eigenvalue weighted by Gasteiger charge is -2.39. The summed E-state index contributed by atoms with van der Waals surface area (Å²) in [4.78, 5) is 24.8. The molecule has 7 heteroatoms. The topological polar surface area (TPSA) is 53.3 Å². The summed E-state index contributed by atoms with van der Waals surface area (Å²) < 4.78 is 7.50. The fourth-order valence-electron chi connectivity index (χ4n) is 4.61. The largest absolute Gasteiger partial charge is 0.378 e. The molecule has 4 heterocycles. The molecule has 1 amide bonds. The fraction of sp³-hybridized carbons (Fsp3) is 0.417. The Morgan fingerprint density at radius 2 is 1.81 bits per heavy atom. The van der Waals surface area contributed by atoms with Gasteiger partial charge in [0.15, 0.2) is 5.69 Å². The van der Waals surface area contributed by atoms with Gasteiger partial charge in [0.1, 0.15) is 5.65 Å². The maximum atomic E-state index is 13.3. The second-order valence-corrected chi connectivity index (χ2v) is 8.38. The van der Waals surface area contributed by atoms with Crippen molar-refractivity contribution in [2.24, 2.45) is 0 Å². The number of fused-ring (bicyclic) bond motifs is 1. The van der Waals surface area contributed by atoms with E-state index in [2.05, 4.69) is 51.6 Å². The van der Waals surface area contributed by atoms with E-state index in [0.717, 1.165) is 31.0 Å². The zero-order valence-electron chi connectivity index (χ0n) is 18.0. The van der Waals surface area contributed by atoms with Crippen LogP contribution in [0.1, 0.15) is 27.8 Å². The molecule has 1 atom stereocenters. The van der Waals surface area contributed by atoms with E-state index in [-0.39, 0.29) is 5.91 Å². The van der Waals surface area contributed by atoms with E-state index in [1.807, 2.05) is 29.3 Å². The van der Waals surface area contributed by atoms with E-state index in [4.69, 9.17) is 9.72 Å². The van der Waals surface area contributed by atoms with Crippen LogP contribution in [0.2, 0.25) is 0 Å². The number of hydrogen-bond donors (Lipinski definition) is 0. The average molecular weight is 420 g/mol. The molecule has 1 aromatic carbocycles. The van der Waals surface area contributed by atoms with Gasteiger partial charge < -0.3 is 14.0 Å². The summed E-state index contributed by atoms with van der Waals surface area (Å²) in [5, 5.41) is 0. The predicted molar refractivity (Wildman–Crippen MR) is 119 cm³/mol. The highest BCUT2D eigenvalue weighted by atomic mass is 16.5. The van der Waals surface area contributed by atoms with Crippen molar-refractivity contribution in [3.05, 3.63) is 71.7 Å². The van der Waals surface area contributed by atoms with Crippen molar-refractivity contribution in [1.29, 1.82) is 0 Å². The van der Waals surface area contributed by atoms with E-state index >= 15 is 0 Å². The second kappa shape index (κ2) is 8.78. The first-order chi connectivity index (χ1) is 15.2. The molecule has 0 aliphatic carbocycles. The zero-order chi connectivity index (χ0) is 21.2. The third-order valence-electron chi connectivity index (χ3n) is 6.42. The molecule has 162 valence electrons. The molecule has 5 rings (SSSR count). The number of ether oxygens (including phenoxy) is 1. The molecule has 0 saturated carbocycles. The molecule has 31 heavy (non-hydrogen) atoms. The van der Waals surface area contributed by atoms with E-state index in [1.54, 1.807) is 0 Å². The molecular formula is C24H29N5O2. The number of carbonyl (C=O) groups is 1. The summed E-state index contributed by atoms with van der Waals surface area (Å²) in [6.07, 6.45) is 2.01. The van der Waals surface area contributed by atoms with Crippen LogP contribution in [0.25, 0.3) is 5.65 Å². The highest BCUT2D eigenvalue weighted by molar-refractivity contribution is 5.94. The van der Waals surface area contributed by atoms with Crippen LogP contribution in [0.5, 0.6) is 0 Å². The molecule has 0 spiro atoms. The molecule has 2 saturated heterocycles. The van der Waals surface area contributed by atoms with Gasteiger partial charge in [0.25, 0.3) is 5.91 Å². The Morgan fingerprint density at radius 3 is 2.61 bits per heavy atom. The number of nitrogens with zero attached hydrogens (tertiary/aromatic N) is 5. The van der Waals surface area contributed by atoms with Crippen LogP contribution in [0.3, 0.4) is 0 Å². The molecule has 7 nitrogen and oxygen atoms in total. The van der Waals surface area contributed by atoms with Gasteiger partial charge in [0, 0.05) is 51.5 Å². The highest BCUT2D eigenvalue weighted by Crippen LogP contribution is 2.26. The SMILES string of the molecule is CN1CCN(Cc2c(C(=O)N3CCOCC3)nc3ccccn23)CC1c1ccccc1. The molecule has 2 aliphatic heterocycles. The van der Waals surface area contributed by atoms with Crippen LogP contribution >= 0.6 is 0 Å². The lowest BCUT2D eigenvalue weighted by atomic mass is 10.0.